The molecule has 0 fully saturated rings. The molecule has 0 spiro atoms. The minimum absolute atomic E-state index is 0.192. The molecule has 1 N–H and O–H groups in total. The molecular formula is C23H30N2O2. The molecule has 4 nitrogen and oxygen atoms in total. The van der Waals surface area contributed by atoms with E-state index in [1.165, 1.54) is 27.8 Å². The maximum atomic E-state index is 9.21. The van der Waals surface area contributed by atoms with Gasteiger partial charge in [-0.15, -0.1) is 0 Å². The standard InChI is InChI=1S/C23H30N2O2/c1-16-8-9-20(13-17(16)2)27-12-6-10-25-22-15-19(4)18(3)14-21(22)24-23(25)7-5-11-26/h8-9,13-15,26H,5-7,10-12H2,1-4H3. The van der Waals surface area contributed by atoms with Crippen molar-refractivity contribution in [2.24, 2.45) is 0 Å². The van der Waals surface area contributed by atoms with Crippen molar-refractivity contribution in [2.75, 3.05) is 13.2 Å². The fourth-order valence-electron chi connectivity index (χ4n) is 3.32. The molecule has 0 bridgehead atoms. The van der Waals surface area contributed by atoms with Crippen molar-refractivity contribution in [3.63, 3.8) is 0 Å². The minimum Gasteiger partial charge on any atom is -0.494 e. The predicted molar refractivity (Wildman–Crippen MR) is 111 cm³/mol. The van der Waals surface area contributed by atoms with Crippen molar-refractivity contribution in [1.29, 1.82) is 0 Å². The van der Waals surface area contributed by atoms with Gasteiger partial charge in [0.2, 0.25) is 0 Å². The summed E-state index contributed by atoms with van der Waals surface area (Å²) >= 11 is 0. The normalized spacial score (nSPS) is 11.3. The monoisotopic (exact) mass is 366 g/mol. The van der Waals surface area contributed by atoms with E-state index in [4.69, 9.17) is 9.72 Å². The molecule has 0 amide bonds. The number of hydrogen-bond donors (Lipinski definition) is 1. The fourth-order valence-corrected chi connectivity index (χ4v) is 3.32. The summed E-state index contributed by atoms with van der Waals surface area (Å²) in [6.07, 6.45) is 2.44. The van der Waals surface area contributed by atoms with Crippen LogP contribution < -0.4 is 4.74 Å². The maximum Gasteiger partial charge on any atom is 0.119 e. The van der Waals surface area contributed by atoms with Crippen LogP contribution in [0, 0.1) is 27.7 Å². The Kier molecular flexibility index (Phi) is 6.17. The first kappa shape index (κ1) is 19.4. The second-order valence-corrected chi connectivity index (χ2v) is 7.38. The Morgan fingerprint density at radius 2 is 1.67 bits per heavy atom. The van der Waals surface area contributed by atoms with Crippen molar-refractivity contribution >= 4 is 11.0 Å². The first-order valence-electron chi connectivity index (χ1n) is 9.77. The summed E-state index contributed by atoms with van der Waals surface area (Å²) in [7, 11) is 0. The largest absolute Gasteiger partial charge is 0.494 e. The molecule has 0 aliphatic carbocycles. The number of aromatic nitrogens is 2. The highest BCUT2D eigenvalue weighted by molar-refractivity contribution is 5.78. The molecule has 0 unspecified atom stereocenters. The van der Waals surface area contributed by atoms with Gasteiger partial charge >= 0.3 is 0 Å². The zero-order valence-corrected chi connectivity index (χ0v) is 16.9. The minimum atomic E-state index is 0.192. The van der Waals surface area contributed by atoms with E-state index in [0.29, 0.717) is 6.61 Å². The van der Waals surface area contributed by atoms with Crippen molar-refractivity contribution in [1.82, 2.24) is 9.55 Å². The lowest BCUT2D eigenvalue weighted by Crippen LogP contribution is -2.09. The molecule has 4 heteroatoms. The van der Waals surface area contributed by atoms with E-state index in [-0.39, 0.29) is 6.61 Å². The van der Waals surface area contributed by atoms with Crippen LogP contribution in [0.4, 0.5) is 0 Å². The van der Waals surface area contributed by atoms with Crippen LogP contribution in [0.15, 0.2) is 30.3 Å². The second-order valence-electron chi connectivity index (χ2n) is 7.38. The topological polar surface area (TPSA) is 47.3 Å². The molecule has 1 heterocycles. The molecule has 1 aromatic heterocycles. The Balaban J connectivity index is 1.72. The molecule has 27 heavy (non-hydrogen) atoms. The molecular weight excluding hydrogens is 336 g/mol. The van der Waals surface area contributed by atoms with Gasteiger partial charge in [0, 0.05) is 19.6 Å². The average Bonchev–Trinajstić information content (AvgIpc) is 2.96. The number of imidazole rings is 1. The van der Waals surface area contributed by atoms with Crippen molar-refractivity contribution < 1.29 is 9.84 Å². The zero-order valence-electron chi connectivity index (χ0n) is 16.9. The molecule has 2 aromatic carbocycles. The van der Waals surface area contributed by atoms with E-state index in [0.717, 1.165) is 42.9 Å². The summed E-state index contributed by atoms with van der Waals surface area (Å²) in [6, 6.07) is 10.6. The van der Waals surface area contributed by atoms with Gasteiger partial charge < -0.3 is 14.4 Å². The van der Waals surface area contributed by atoms with Crippen LogP contribution in [0.1, 0.15) is 40.9 Å². The highest BCUT2D eigenvalue weighted by Crippen LogP contribution is 2.22. The average molecular weight is 367 g/mol. The zero-order chi connectivity index (χ0) is 19.4. The SMILES string of the molecule is Cc1ccc(OCCCn2c(CCCO)nc3cc(C)c(C)cc32)cc1C. The Bertz CT molecular complexity index is 928. The first-order chi connectivity index (χ1) is 13.0. The van der Waals surface area contributed by atoms with E-state index in [9.17, 15) is 5.11 Å². The number of aryl methyl sites for hydroxylation is 6. The number of benzene rings is 2. The third-order valence-electron chi connectivity index (χ3n) is 5.27. The Hall–Kier alpha value is -2.33. The lowest BCUT2D eigenvalue weighted by Gasteiger charge is -2.11. The van der Waals surface area contributed by atoms with Crippen LogP contribution in [-0.2, 0) is 13.0 Å². The number of nitrogens with zero attached hydrogens (tertiary/aromatic N) is 2. The van der Waals surface area contributed by atoms with E-state index in [1.807, 2.05) is 6.07 Å². The predicted octanol–water partition coefficient (Wildman–Crippen LogP) is 4.66. The van der Waals surface area contributed by atoms with Crippen molar-refractivity contribution in [3.8, 4) is 5.75 Å². The number of aliphatic hydroxyl groups is 1. The number of fused-ring (bicyclic) bond motifs is 1. The maximum absolute atomic E-state index is 9.21. The van der Waals surface area contributed by atoms with Crippen molar-refractivity contribution in [3.05, 3.63) is 58.4 Å². The molecule has 0 atom stereocenters. The quantitative estimate of drug-likeness (QED) is 0.590. The molecule has 0 saturated carbocycles. The van der Waals surface area contributed by atoms with Crippen molar-refractivity contribution in [2.45, 2.75) is 53.5 Å². The number of rotatable bonds is 8. The van der Waals surface area contributed by atoms with Gasteiger partial charge in [-0.25, -0.2) is 4.98 Å². The van der Waals surface area contributed by atoms with Gasteiger partial charge in [0.05, 0.1) is 17.6 Å². The third kappa shape index (κ3) is 4.51. The summed E-state index contributed by atoms with van der Waals surface area (Å²) in [6.45, 7) is 10.2. The Labute approximate surface area is 161 Å². The van der Waals surface area contributed by atoms with E-state index in [1.54, 1.807) is 0 Å². The van der Waals surface area contributed by atoms with Crippen LogP contribution in [0.2, 0.25) is 0 Å². The summed E-state index contributed by atoms with van der Waals surface area (Å²) < 4.78 is 8.24. The number of aliphatic hydroxyl groups excluding tert-OH is 1. The van der Waals surface area contributed by atoms with Gasteiger partial charge in [-0.1, -0.05) is 6.07 Å². The van der Waals surface area contributed by atoms with Gasteiger partial charge in [0.25, 0.3) is 0 Å². The molecule has 0 saturated heterocycles. The lowest BCUT2D eigenvalue weighted by atomic mass is 10.1. The van der Waals surface area contributed by atoms with Crippen LogP contribution in [0.5, 0.6) is 5.75 Å². The highest BCUT2D eigenvalue weighted by Gasteiger charge is 2.12. The lowest BCUT2D eigenvalue weighted by molar-refractivity contribution is 0.285. The summed E-state index contributed by atoms with van der Waals surface area (Å²) in [4.78, 5) is 4.82. The van der Waals surface area contributed by atoms with E-state index < -0.39 is 0 Å². The molecule has 144 valence electrons. The molecule has 0 aliphatic heterocycles. The van der Waals surface area contributed by atoms with Gasteiger partial charge in [-0.3, -0.25) is 0 Å². The number of hydrogen-bond acceptors (Lipinski definition) is 3. The van der Waals surface area contributed by atoms with E-state index in [2.05, 4.69) is 56.5 Å². The molecule has 3 aromatic rings. The summed E-state index contributed by atoms with van der Waals surface area (Å²) in [5, 5.41) is 9.21. The Morgan fingerprint density at radius 3 is 2.41 bits per heavy atom. The molecule has 3 rings (SSSR count). The Morgan fingerprint density at radius 1 is 0.926 bits per heavy atom. The van der Waals surface area contributed by atoms with Crippen LogP contribution >= 0.6 is 0 Å². The van der Waals surface area contributed by atoms with Gasteiger partial charge in [0.15, 0.2) is 0 Å². The second kappa shape index (κ2) is 8.57. The smallest absolute Gasteiger partial charge is 0.119 e. The first-order valence-corrected chi connectivity index (χ1v) is 9.77. The summed E-state index contributed by atoms with van der Waals surface area (Å²) in [5.74, 6) is 1.98. The van der Waals surface area contributed by atoms with Crippen LogP contribution in [-0.4, -0.2) is 27.9 Å². The molecule has 0 aliphatic rings. The van der Waals surface area contributed by atoms with Gasteiger partial charge in [-0.2, -0.15) is 0 Å². The van der Waals surface area contributed by atoms with Crippen LogP contribution in [0.3, 0.4) is 0 Å². The fraction of sp³-hybridized carbons (Fsp3) is 0.435. The third-order valence-corrected chi connectivity index (χ3v) is 5.27. The highest BCUT2D eigenvalue weighted by atomic mass is 16.5. The van der Waals surface area contributed by atoms with Crippen LogP contribution in [0.25, 0.3) is 11.0 Å². The summed E-state index contributed by atoms with van der Waals surface area (Å²) in [5.41, 5.74) is 7.30. The van der Waals surface area contributed by atoms with Gasteiger partial charge in [-0.05, 0) is 87.1 Å². The number of ether oxygens (including phenoxy) is 1. The van der Waals surface area contributed by atoms with Gasteiger partial charge in [0.1, 0.15) is 11.6 Å². The molecule has 0 radical (unpaired) electrons. The van der Waals surface area contributed by atoms with E-state index >= 15 is 0 Å².